The molecule has 9 nitrogen and oxygen atoms in total. The number of fused-ring (bicyclic) bond motifs is 2. The normalized spacial score (nSPS) is 14.6. The van der Waals surface area contributed by atoms with Gasteiger partial charge in [-0.3, -0.25) is 9.11 Å². The van der Waals surface area contributed by atoms with Gasteiger partial charge in [0.2, 0.25) is 5.88 Å². The van der Waals surface area contributed by atoms with Crippen LogP contribution in [0, 0.1) is 6.92 Å². The number of anilines is 1. The molecular weight excluding hydrogens is 578 g/mol. The molecule has 0 amide bonds. The Morgan fingerprint density at radius 1 is 0.857 bits per heavy atom. The van der Waals surface area contributed by atoms with Crippen LogP contribution in [-0.4, -0.2) is 44.0 Å². The van der Waals surface area contributed by atoms with E-state index in [0.717, 1.165) is 33.3 Å². The summed E-state index contributed by atoms with van der Waals surface area (Å²) >= 11 is 0. The summed E-state index contributed by atoms with van der Waals surface area (Å²) in [6, 6.07) is 21.5. The topological polar surface area (TPSA) is 134 Å². The van der Waals surface area contributed by atoms with E-state index in [0.29, 0.717) is 35.9 Å². The van der Waals surface area contributed by atoms with Gasteiger partial charge in [-0.2, -0.15) is 16.8 Å². The van der Waals surface area contributed by atoms with E-state index in [1.165, 1.54) is 0 Å². The Hall–Kier alpha value is -3.90. The SMILES string of the molecule is Cc1ccc2c(c1)O/C(=C\C=C\c1oc3ccc(-c4ccccc4)cc3c1CCCS(=O)(=O)O)N2CCCS(=O)(=O)O. The Kier molecular flexibility index (Phi) is 8.55. The van der Waals surface area contributed by atoms with Crippen LogP contribution in [0.15, 0.2) is 89.2 Å². The number of rotatable bonds is 11. The molecule has 2 N–H and O–H groups in total. The lowest BCUT2D eigenvalue weighted by Crippen LogP contribution is -2.23. The first kappa shape index (κ1) is 29.6. The van der Waals surface area contributed by atoms with E-state index in [1.54, 1.807) is 18.2 Å². The quantitative estimate of drug-likeness (QED) is 0.189. The molecular formula is C31H31NO8S2. The second-order valence-corrected chi connectivity index (χ2v) is 13.3. The first-order chi connectivity index (χ1) is 20.0. The van der Waals surface area contributed by atoms with Crippen LogP contribution < -0.4 is 9.64 Å². The summed E-state index contributed by atoms with van der Waals surface area (Å²) in [6.45, 7) is 2.26. The molecule has 0 radical (unpaired) electrons. The van der Waals surface area contributed by atoms with Crippen LogP contribution in [0.3, 0.4) is 0 Å². The molecule has 42 heavy (non-hydrogen) atoms. The van der Waals surface area contributed by atoms with Crippen LogP contribution >= 0.6 is 0 Å². The van der Waals surface area contributed by atoms with Crippen molar-refractivity contribution in [2.24, 2.45) is 0 Å². The van der Waals surface area contributed by atoms with E-state index in [4.69, 9.17) is 13.7 Å². The number of benzene rings is 3. The molecule has 4 aromatic rings. The van der Waals surface area contributed by atoms with Gasteiger partial charge in [-0.25, -0.2) is 0 Å². The van der Waals surface area contributed by atoms with Gasteiger partial charge in [0.15, 0.2) is 5.75 Å². The van der Waals surface area contributed by atoms with Crippen molar-refractivity contribution < 1.29 is 35.1 Å². The summed E-state index contributed by atoms with van der Waals surface area (Å²) in [4.78, 5) is 1.85. The summed E-state index contributed by atoms with van der Waals surface area (Å²) in [5.41, 5.74) is 5.29. The van der Waals surface area contributed by atoms with Crippen molar-refractivity contribution in [3.05, 3.63) is 102 Å². The highest BCUT2D eigenvalue weighted by Crippen LogP contribution is 2.40. The number of ether oxygens (including phenoxy) is 1. The van der Waals surface area contributed by atoms with Gasteiger partial charge in [0, 0.05) is 17.5 Å². The molecule has 2 heterocycles. The molecule has 1 aromatic heterocycles. The van der Waals surface area contributed by atoms with Gasteiger partial charge in [-0.15, -0.1) is 0 Å². The number of aryl methyl sites for hydroxylation is 2. The van der Waals surface area contributed by atoms with E-state index in [1.807, 2.05) is 78.6 Å². The van der Waals surface area contributed by atoms with Crippen LogP contribution in [0.2, 0.25) is 0 Å². The highest BCUT2D eigenvalue weighted by Gasteiger charge is 2.26. The zero-order chi connectivity index (χ0) is 29.9. The molecule has 0 spiro atoms. The van der Waals surface area contributed by atoms with E-state index in [2.05, 4.69) is 0 Å². The van der Waals surface area contributed by atoms with Crippen LogP contribution in [0.25, 0.3) is 28.2 Å². The molecule has 0 saturated carbocycles. The van der Waals surface area contributed by atoms with Gasteiger partial charge in [-0.05, 0) is 79.3 Å². The minimum absolute atomic E-state index is 0.196. The fraction of sp³-hybridized carbons (Fsp3) is 0.226. The van der Waals surface area contributed by atoms with Gasteiger partial charge in [0.25, 0.3) is 20.2 Å². The van der Waals surface area contributed by atoms with Crippen molar-refractivity contribution in [3.8, 4) is 16.9 Å². The van der Waals surface area contributed by atoms with Crippen molar-refractivity contribution in [3.63, 3.8) is 0 Å². The summed E-state index contributed by atoms with van der Waals surface area (Å²) < 4.78 is 76.0. The molecule has 5 rings (SSSR count). The largest absolute Gasteiger partial charge is 0.456 e. The molecule has 0 atom stereocenters. The Morgan fingerprint density at radius 3 is 2.33 bits per heavy atom. The Bertz CT molecular complexity index is 1870. The summed E-state index contributed by atoms with van der Waals surface area (Å²) in [7, 11) is -8.20. The third-order valence-corrected chi connectivity index (χ3v) is 8.52. The highest BCUT2D eigenvalue weighted by molar-refractivity contribution is 7.86. The summed E-state index contributed by atoms with van der Waals surface area (Å²) in [5, 5.41) is 0.853. The fourth-order valence-corrected chi connectivity index (χ4v) is 5.99. The molecule has 11 heteroatoms. The third kappa shape index (κ3) is 7.29. The van der Waals surface area contributed by atoms with E-state index >= 15 is 0 Å². The molecule has 0 saturated heterocycles. The van der Waals surface area contributed by atoms with Crippen LogP contribution in [0.5, 0.6) is 5.75 Å². The summed E-state index contributed by atoms with van der Waals surface area (Å²) in [6.07, 6.45) is 6.04. The monoisotopic (exact) mass is 609 g/mol. The minimum Gasteiger partial charge on any atom is -0.456 e. The molecule has 1 aliphatic rings. The lowest BCUT2D eigenvalue weighted by molar-refractivity contribution is 0.437. The standard InChI is InChI=1S/C31H31NO8S2/c1-22-13-15-27-30(20-22)40-31(32(27)17-7-19-42(36,37)38)12-5-11-28-25(10-6-18-41(33,34)35)26-21-24(14-16-29(26)39-28)23-8-3-2-4-9-23/h2-5,8-9,11-16,20-21H,6-7,10,17-19H2,1H3,(H,33,34,35)(H,36,37,38)/b11-5+,31-12-. The lowest BCUT2D eigenvalue weighted by Gasteiger charge is -2.17. The van der Waals surface area contributed by atoms with Crippen molar-refractivity contribution in [1.29, 1.82) is 0 Å². The van der Waals surface area contributed by atoms with Crippen molar-refractivity contribution >= 4 is 43.0 Å². The predicted octanol–water partition coefficient (Wildman–Crippen LogP) is 6.26. The summed E-state index contributed by atoms with van der Waals surface area (Å²) in [5.74, 6) is 0.939. The average Bonchev–Trinajstić information content (AvgIpc) is 3.44. The third-order valence-electron chi connectivity index (χ3n) is 6.92. The van der Waals surface area contributed by atoms with Gasteiger partial charge in [0.1, 0.15) is 11.3 Å². The van der Waals surface area contributed by atoms with Crippen LogP contribution in [0.4, 0.5) is 5.69 Å². The van der Waals surface area contributed by atoms with Crippen LogP contribution in [0.1, 0.15) is 29.7 Å². The molecule has 220 valence electrons. The van der Waals surface area contributed by atoms with Crippen molar-refractivity contribution in [2.75, 3.05) is 23.0 Å². The first-order valence-corrected chi connectivity index (χ1v) is 16.6. The second-order valence-electron chi connectivity index (χ2n) is 10.1. The maximum Gasteiger partial charge on any atom is 0.264 e. The fourth-order valence-electron chi connectivity index (χ4n) is 4.99. The van der Waals surface area contributed by atoms with E-state index < -0.39 is 20.2 Å². The number of hydrogen-bond acceptors (Lipinski definition) is 7. The molecule has 3 aromatic carbocycles. The maximum absolute atomic E-state index is 11.4. The Balaban J connectivity index is 1.47. The Labute approximate surface area is 245 Å². The van der Waals surface area contributed by atoms with Gasteiger partial charge in [0.05, 0.1) is 17.2 Å². The zero-order valence-corrected chi connectivity index (χ0v) is 24.6. The number of nitrogens with zero attached hydrogens (tertiary/aromatic N) is 1. The van der Waals surface area contributed by atoms with E-state index in [-0.39, 0.29) is 24.3 Å². The number of furan rings is 1. The van der Waals surface area contributed by atoms with Gasteiger partial charge < -0.3 is 14.1 Å². The maximum atomic E-state index is 11.4. The first-order valence-electron chi connectivity index (χ1n) is 13.4. The highest BCUT2D eigenvalue weighted by atomic mass is 32.2. The molecule has 0 bridgehead atoms. The van der Waals surface area contributed by atoms with Crippen molar-refractivity contribution in [1.82, 2.24) is 0 Å². The average molecular weight is 610 g/mol. The van der Waals surface area contributed by atoms with Crippen LogP contribution in [-0.2, 0) is 26.7 Å². The lowest BCUT2D eigenvalue weighted by atomic mass is 10.00. The van der Waals surface area contributed by atoms with Gasteiger partial charge in [-0.1, -0.05) is 48.5 Å². The zero-order valence-electron chi connectivity index (χ0n) is 22.9. The molecule has 1 aliphatic heterocycles. The van der Waals surface area contributed by atoms with Gasteiger partial charge >= 0.3 is 0 Å². The molecule has 0 unspecified atom stereocenters. The second kappa shape index (κ2) is 12.1. The number of allylic oxidation sites excluding steroid dienone is 2. The van der Waals surface area contributed by atoms with E-state index in [9.17, 15) is 21.4 Å². The Morgan fingerprint density at radius 2 is 1.60 bits per heavy atom. The predicted molar refractivity (Wildman–Crippen MR) is 164 cm³/mol. The molecule has 0 aliphatic carbocycles. The number of hydrogen-bond donors (Lipinski definition) is 2. The minimum atomic E-state index is -4.11. The smallest absolute Gasteiger partial charge is 0.264 e. The molecule has 0 fully saturated rings. The van der Waals surface area contributed by atoms with Crippen molar-refractivity contribution in [2.45, 2.75) is 26.2 Å².